The largest absolute Gasteiger partial charge is 0.406 e. The maximum absolute atomic E-state index is 12.3. The molecule has 0 N–H and O–H groups in total. The normalized spacial score (nSPS) is 21.3. The molecule has 2 nitrogen and oxygen atoms in total. The molecular formula is C10H15BrF3NOS. The van der Waals surface area contributed by atoms with E-state index in [1.807, 2.05) is 0 Å². The van der Waals surface area contributed by atoms with Gasteiger partial charge in [-0.25, -0.2) is 0 Å². The smallest absolute Gasteiger partial charge is 0.332 e. The number of halogens is 4. The molecule has 1 fully saturated rings. The second-order valence-electron chi connectivity index (χ2n) is 3.92. The van der Waals surface area contributed by atoms with Crippen molar-refractivity contribution >= 4 is 33.6 Å². The average Bonchev–Trinajstić information content (AvgIpc) is 2.27. The fourth-order valence-corrected chi connectivity index (χ4v) is 3.43. The van der Waals surface area contributed by atoms with Crippen LogP contribution in [-0.2, 0) is 4.79 Å². The van der Waals surface area contributed by atoms with E-state index in [4.69, 9.17) is 0 Å². The van der Waals surface area contributed by atoms with E-state index in [0.717, 1.165) is 23.5 Å². The molecule has 1 saturated heterocycles. The molecule has 1 heterocycles. The summed E-state index contributed by atoms with van der Waals surface area (Å²) in [5, 5.41) is 0.0804. The van der Waals surface area contributed by atoms with Gasteiger partial charge in [0.2, 0.25) is 5.91 Å². The first kappa shape index (κ1) is 15.1. The second kappa shape index (κ2) is 6.87. The van der Waals surface area contributed by atoms with Crippen LogP contribution >= 0.6 is 27.7 Å². The molecule has 0 aromatic rings. The number of hydrogen-bond donors (Lipinski definition) is 0. The van der Waals surface area contributed by atoms with E-state index in [1.165, 1.54) is 11.8 Å². The third kappa shape index (κ3) is 5.50. The van der Waals surface area contributed by atoms with E-state index >= 15 is 0 Å². The Bertz CT molecular complexity index is 256. The molecule has 17 heavy (non-hydrogen) atoms. The van der Waals surface area contributed by atoms with E-state index in [-0.39, 0.29) is 17.7 Å². The van der Waals surface area contributed by atoms with Gasteiger partial charge >= 0.3 is 6.18 Å². The Kier molecular flexibility index (Phi) is 6.12. The van der Waals surface area contributed by atoms with Crippen molar-refractivity contribution in [2.45, 2.75) is 30.7 Å². The first-order valence-electron chi connectivity index (χ1n) is 5.47. The van der Waals surface area contributed by atoms with Gasteiger partial charge < -0.3 is 4.90 Å². The summed E-state index contributed by atoms with van der Waals surface area (Å²) in [5.74, 6) is 0.497. The van der Waals surface area contributed by atoms with Crippen molar-refractivity contribution in [3.8, 4) is 0 Å². The van der Waals surface area contributed by atoms with Gasteiger partial charge in [0.05, 0.1) is 5.25 Å². The minimum atomic E-state index is -4.32. The van der Waals surface area contributed by atoms with Gasteiger partial charge in [0.15, 0.2) is 0 Å². The summed E-state index contributed by atoms with van der Waals surface area (Å²) in [5.41, 5.74) is 0. The first-order chi connectivity index (χ1) is 7.94. The van der Waals surface area contributed by atoms with Crippen molar-refractivity contribution in [3.63, 3.8) is 0 Å². The molecule has 0 spiro atoms. The Morgan fingerprint density at radius 2 is 2.12 bits per heavy atom. The predicted molar refractivity (Wildman–Crippen MR) is 66.5 cm³/mol. The highest BCUT2D eigenvalue weighted by Gasteiger charge is 2.35. The van der Waals surface area contributed by atoms with Crippen LogP contribution in [0.15, 0.2) is 0 Å². The van der Waals surface area contributed by atoms with E-state index in [9.17, 15) is 18.0 Å². The van der Waals surface area contributed by atoms with Gasteiger partial charge in [0, 0.05) is 11.9 Å². The van der Waals surface area contributed by atoms with Crippen LogP contribution in [0.25, 0.3) is 0 Å². The van der Waals surface area contributed by atoms with Crippen molar-refractivity contribution in [1.82, 2.24) is 4.90 Å². The topological polar surface area (TPSA) is 20.3 Å². The highest BCUT2D eigenvalue weighted by atomic mass is 79.9. The van der Waals surface area contributed by atoms with E-state index in [1.54, 1.807) is 0 Å². The van der Waals surface area contributed by atoms with Gasteiger partial charge in [-0.1, -0.05) is 22.4 Å². The van der Waals surface area contributed by atoms with Crippen molar-refractivity contribution < 1.29 is 18.0 Å². The number of nitrogens with zero attached hydrogens (tertiary/aromatic N) is 1. The first-order valence-corrected chi connectivity index (χ1v) is 7.64. The fraction of sp³-hybridized carbons (Fsp3) is 0.900. The maximum atomic E-state index is 12.3. The summed E-state index contributed by atoms with van der Waals surface area (Å²) >= 11 is 4.56. The highest BCUT2D eigenvalue weighted by Crippen LogP contribution is 2.27. The SMILES string of the molecule is O=C(C1CCCCS1)N(CCBr)CC(F)(F)F. The molecule has 1 aliphatic heterocycles. The lowest BCUT2D eigenvalue weighted by Gasteiger charge is -2.29. The zero-order chi connectivity index (χ0) is 12.9. The minimum Gasteiger partial charge on any atom is -0.332 e. The van der Waals surface area contributed by atoms with E-state index in [0.29, 0.717) is 11.8 Å². The Hall–Kier alpha value is 0.0900. The Labute approximate surface area is 111 Å². The molecule has 0 aromatic carbocycles. The summed E-state index contributed by atoms with van der Waals surface area (Å²) in [6, 6.07) is 0. The van der Waals surface area contributed by atoms with Crippen molar-refractivity contribution in [2.75, 3.05) is 24.2 Å². The average molecular weight is 334 g/mol. The summed E-state index contributed by atoms with van der Waals surface area (Å²) in [7, 11) is 0. The number of alkyl halides is 4. The van der Waals surface area contributed by atoms with Gasteiger partial charge in [-0.15, -0.1) is 11.8 Å². The van der Waals surface area contributed by atoms with Gasteiger partial charge in [0.1, 0.15) is 6.54 Å². The van der Waals surface area contributed by atoms with Crippen LogP contribution in [0.1, 0.15) is 19.3 Å². The summed E-state index contributed by atoms with van der Waals surface area (Å²) in [6.07, 6.45) is -1.65. The molecular weight excluding hydrogens is 319 g/mol. The Morgan fingerprint density at radius 3 is 2.59 bits per heavy atom. The second-order valence-corrected chi connectivity index (χ2v) is 6.02. The molecule has 0 aliphatic carbocycles. The Morgan fingerprint density at radius 1 is 1.41 bits per heavy atom. The lowest BCUT2D eigenvalue weighted by molar-refractivity contribution is -0.160. The molecule has 1 unspecified atom stereocenters. The molecule has 1 atom stereocenters. The lowest BCUT2D eigenvalue weighted by Crippen LogP contribution is -2.44. The van der Waals surface area contributed by atoms with Gasteiger partial charge in [-0.3, -0.25) is 4.79 Å². The molecule has 0 radical (unpaired) electrons. The molecule has 0 bridgehead atoms. The third-order valence-electron chi connectivity index (χ3n) is 2.49. The van der Waals surface area contributed by atoms with Crippen LogP contribution < -0.4 is 0 Å². The summed E-state index contributed by atoms with van der Waals surface area (Å²) in [6.45, 7) is -1.04. The standard InChI is InChI=1S/C10H15BrF3NOS/c11-4-5-15(7-10(12,13)14)9(16)8-3-1-2-6-17-8/h8H,1-7H2. The van der Waals surface area contributed by atoms with Gasteiger partial charge in [0.25, 0.3) is 0 Å². The van der Waals surface area contributed by atoms with Gasteiger partial charge in [-0.2, -0.15) is 13.2 Å². The summed E-state index contributed by atoms with van der Waals surface area (Å²) < 4.78 is 37.0. The number of amides is 1. The number of thioether (sulfide) groups is 1. The minimum absolute atomic E-state index is 0.107. The third-order valence-corrected chi connectivity index (χ3v) is 4.21. The molecule has 100 valence electrons. The number of rotatable bonds is 4. The van der Waals surface area contributed by atoms with Crippen LogP contribution in [0.3, 0.4) is 0 Å². The van der Waals surface area contributed by atoms with E-state index in [2.05, 4.69) is 15.9 Å². The van der Waals surface area contributed by atoms with Crippen molar-refractivity contribution in [3.05, 3.63) is 0 Å². The zero-order valence-electron chi connectivity index (χ0n) is 9.30. The number of carbonyl (C=O) groups is 1. The zero-order valence-corrected chi connectivity index (χ0v) is 11.7. The summed E-state index contributed by atoms with van der Waals surface area (Å²) in [4.78, 5) is 12.9. The molecule has 1 aliphatic rings. The van der Waals surface area contributed by atoms with E-state index < -0.39 is 12.7 Å². The molecule has 7 heteroatoms. The van der Waals surface area contributed by atoms with Crippen LogP contribution in [0.2, 0.25) is 0 Å². The van der Waals surface area contributed by atoms with Gasteiger partial charge in [-0.05, 0) is 18.6 Å². The number of carbonyl (C=O) groups excluding carboxylic acids is 1. The fourth-order valence-electron chi connectivity index (χ4n) is 1.72. The molecule has 1 amide bonds. The van der Waals surface area contributed by atoms with Crippen LogP contribution in [0.5, 0.6) is 0 Å². The lowest BCUT2D eigenvalue weighted by atomic mass is 10.1. The van der Waals surface area contributed by atoms with Crippen LogP contribution in [0, 0.1) is 0 Å². The maximum Gasteiger partial charge on any atom is 0.406 e. The molecule has 1 rings (SSSR count). The van der Waals surface area contributed by atoms with Crippen molar-refractivity contribution in [2.24, 2.45) is 0 Å². The molecule has 0 aromatic heterocycles. The monoisotopic (exact) mass is 333 g/mol. The van der Waals surface area contributed by atoms with Crippen LogP contribution in [0.4, 0.5) is 13.2 Å². The highest BCUT2D eigenvalue weighted by molar-refractivity contribution is 9.09. The van der Waals surface area contributed by atoms with Crippen LogP contribution in [-0.4, -0.2) is 46.4 Å². The quantitative estimate of drug-likeness (QED) is 0.737. The predicted octanol–water partition coefficient (Wildman–Crippen LogP) is 3.06. The molecule has 0 saturated carbocycles. The number of hydrogen-bond acceptors (Lipinski definition) is 2. The Balaban J connectivity index is 2.58. The van der Waals surface area contributed by atoms with Crippen molar-refractivity contribution in [1.29, 1.82) is 0 Å².